The van der Waals surface area contributed by atoms with E-state index < -0.39 is 0 Å². The quantitative estimate of drug-likeness (QED) is 0.802. The fourth-order valence-corrected chi connectivity index (χ4v) is 3.91. The summed E-state index contributed by atoms with van der Waals surface area (Å²) in [6.45, 7) is 2.37. The zero-order chi connectivity index (χ0) is 12.8. The van der Waals surface area contributed by atoms with Crippen LogP contribution in [0.3, 0.4) is 0 Å². The van der Waals surface area contributed by atoms with Crippen molar-refractivity contribution in [3.63, 3.8) is 0 Å². The third kappa shape index (κ3) is 3.39. The molecule has 0 aromatic heterocycles. The highest BCUT2D eigenvalue weighted by Gasteiger charge is 2.40. The monoisotopic (exact) mass is 272 g/mol. The molecule has 0 aromatic carbocycles. The molecule has 0 aromatic rings. The topological polar surface area (TPSA) is 50.4 Å². The summed E-state index contributed by atoms with van der Waals surface area (Å²) in [5, 5.41) is 6.57. The van der Waals surface area contributed by atoms with Crippen molar-refractivity contribution in [3.05, 3.63) is 0 Å². The summed E-state index contributed by atoms with van der Waals surface area (Å²) in [5.41, 5.74) is -0.301. The molecule has 2 N–H and O–H groups in total. The third-order valence-corrected chi connectivity index (χ3v) is 5.07. The predicted molar refractivity (Wildman–Crippen MR) is 74.9 cm³/mol. The average molecular weight is 272 g/mol. The van der Waals surface area contributed by atoms with Crippen molar-refractivity contribution in [2.24, 2.45) is 5.41 Å². The molecule has 104 valence electrons. The van der Waals surface area contributed by atoms with Crippen molar-refractivity contribution in [1.29, 1.82) is 0 Å². The van der Waals surface area contributed by atoms with Gasteiger partial charge in [-0.3, -0.25) is 4.79 Å². The number of rotatable bonds is 4. The Morgan fingerprint density at radius 1 is 1.39 bits per heavy atom. The minimum Gasteiger partial charge on any atom is -0.384 e. The number of methoxy groups -OCH3 is 1. The maximum atomic E-state index is 12.6. The van der Waals surface area contributed by atoms with Gasteiger partial charge in [-0.1, -0.05) is 0 Å². The summed E-state index contributed by atoms with van der Waals surface area (Å²) in [6.07, 6.45) is 3.98. The van der Waals surface area contributed by atoms with E-state index in [1.54, 1.807) is 7.11 Å². The highest BCUT2D eigenvalue weighted by atomic mass is 32.2. The Bertz CT molecular complexity index is 269. The number of nitrogens with one attached hydrogen (secondary N) is 2. The van der Waals surface area contributed by atoms with Gasteiger partial charge in [0.2, 0.25) is 5.91 Å². The zero-order valence-electron chi connectivity index (χ0n) is 11.2. The molecule has 2 saturated heterocycles. The Hall–Kier alpha value is -0.260. The van der Waals surface area contributed by atoms with Crippen LogP contribution in [0.5, 0.6) is 0 Å². The fourth-order valence-electron chi connectivity index (χ4n) is 2.80. The molecular formula is C13H24N2O2S. The van der Waals surface area contributed by atoms with Gasteiger partial charge in [0, 0.05) is 13.2 Å². The van der Waals surface area contributed by atoms with Gasteiger partial charge in [0.1, 0.15) is 0 Å². The van der Waals surface area contributed by atoms with Crippen LogP contribution < -0.4 is 10.6 Å². The standard InChI is InChI=1S/C13H24N2O2S/c1-17-10-13(4-6-14-7-5-13)12(16)15-11-2-8-18-9-3-11/h11,14H,2-10H2,1H3,(H,15,16). The van der Waals surface area contributed by atoms with Crippen LogP contribution in [0.2, 0.25) is 0 Å². The molecule has 0 saturated carbocycles. The van der Waals surface area contributed by atoms with E-state index in [1.807, 2.05) is 11.8 Å². The summed E-state index contributed by atoms with van der Waals surface area (Å²) in [4.78, 5) is 12.6. The fraction of sp³-hybridized carbons (Fsp3) is 0.923. The lowest BCUT2D eigenvalue weighted by Crippen LogP contribution is -2.52. The molecule has 2 aliphatic heterocycles. The molecule has 5 heteroatoms. The minimum atomic E-state index is -0.301. The highest BCUT2D eigenvalue weighted by Crippen LogP contribution is 2.30. The zero-order valence-corrected chi connectivity index (χ0v) is 12.0. The molecule has 1 amide bonds. The van der Waals surface area contributed by atoms with E-state index in [1.165, 1.54) is 11.5 Å². The molecule has 0 radical (unpaired) electrons. The molecule has 2 rings (SSSR count). The van der Waals surface area contributed by atoms with Gasteiger partial charge in [-0.05, 0) is 50.3 Å². The minimum absolute atomic E-state index is 0.211. The number of amides is 1. The molecule has 2 heterocycles. The molecule has 0 aliphatic carbocycles. The van der Waals surface area contributed by atoms with Gasteiger partial charge < -0.3 is 15.4 Å². The van der Waals surface area contributed by atoms with E-state index in [2.05, 4.69) is 10.6 Å². The maximum absolute atomic E-state index is 12.6. The molecule has 18 heavy (non-hydrogen) atoms. The van der Waals surface area contributed by atoms with Gasteiger partial charge in [0.25, 0.3) is 0 Å². The van der Waals surface area contributed by atoms with Gasteiger partial charge in [-0.25, -0.2) is 0 Å². The van der Waals surface area contributed by atoms with E-state index in [4.69, 9.17) is 4.74 Å². The van der Waals surface area contributed by atoms with E-state index in [0.717, 1.165) is 38.8 Å². The number of ether oxygens (including phenoxy) is 1. The number of carbonyl (C=O) groups excluding carboxylic acids is 1. The van der Waals surface area contributed by atoms with Crippen LogP contribution in [0, 0.1) is 5.41 Å². The van der Waals surface area contributed by atoms with E-state index in [0.29, 0.717) is 12.6 Å². The summed E-state index contributed by atoms with van der Waals surface area (Å²) < 4.78 is 5.30. The Morgan fingerprint density at radius 2 is 2.06 bits per heavy atom. The molecule has 2 fully saturated rings. The number of hydrogen-bond donors (Lipinski definition) is 2. The normalized spacial score (nSPS) is 24.7. The van der Waals surface area contributed by atoms with Crippen molar-refractivity contribution < 1.29 is 9.53 Å². The summed E-state index contributed by atoms with van der Waals surface area (Å²) in [5.74, 6) is 2.55. The first-order chi connectivity index (χ1) is 8.77. The first-order valence-electron chi connectivity index (χ1n) is 6.85. The third-order valence-electron chi connectivity index (χ3n) is 4.02. The second-order valence-corrected chi connectivity index (χ2v) is 6.55. The smallest absolute Gasteiger partial charge is 0.228 e. The Balaban J connectivity index is 1.94. The van der Waals surface area contributed by atoms with Crippen molar-refractivity contribution in [2.75, 3.05) is 38.3 Å². The number of hydrogen-bond acceptors (Lipinski definition) is 4. The summed E-state index contributed by atoms with van der Waals surface area (Å²) >= 11 is 1.98. The van der Waals surface area contributed by atoms with Crippen LogP contribution in [-0.2, 0) is 9.53 Å². The summed E-state index contributed by atoms with van der Waals surface area (Å²) in [6, 6.07) is 0.377. The molecule has 0 spiro atoms. The van der Waals surface area contributed by atoms with Gasteiger partial charge in [-0.2, -0.15) is 11.8 Å². The van der Waals surface area contributed by atoms with Crippen LogP contribution in [0.1, 0.15) is 25.7 Å². The van der Waals surface area contributed by atoms with E-state index in [-0.39, 0.29) is 11.3 Å². The van der Waals surface area contributed by atoms with Crippen LogP contribution in [0.15, 0.2) is 0 Å². The van der Waals surface area contributed by atoms with Gasteiger partial charge in [-0.15, -0.1) is 0 Å². The number of thioether (sulfide) groups is 1. The van der Waals surface area contributed by atoms with Crippen LogP contribution in [0.4, 0.5) is 0 Å². The van der Waals surface area contributed by atoms with Crippen molar-refractivity contribution in [2.45, 2.75) is 31.7 Å². The van der Waals surface area contributed by atoms with Crippen LogP contribution in [0.25, 0.3) is 0 Å². The molecular weight excluding hydrogens is 248 g/mol. The highest BCUT2D eigenvalue weighted by molar-refractivity contribution is 7.99. The Kier molecular flexibility index (Phi) is 5.33. The number of piperidine rings is 1. The average Bonchev–Trinajstić information content (AvgIpc) is 2.41. The lowest BCUT2D eigenvalue weighted by Gasteiger charge is -2.37. The Labute approximate surface area is 114 Å². The SMILES string of the molecule is COCC1(C(=O)NC2CCSCC2)CCNCC1. The molecule has 2 aliphatic rings. The Morgan fingerprint density at radius 3 is 2.67 bits per heavy atom. The largest absolute Gasteiger partial charge is 0.384 e. The lowest BCUT2D eigenvalue weighted by molar-refractivity contribution is -0.137. The van der Waals surface area contributed by atoms with Crippen molar-refractivity contribution in [3.8, 4) is 0 Å². The summed E-state index contributed by atoms with van der Waals surface area (Å²) in [7, 11) is 1.69. The number of carbonyl (C=O) groups is 1. The molecule has 0 unspecified atom stereocenters. The second-order valence-electron chi connectivity index (χ2n) is 5.32. The van der Waals surface area contributed by atoms with E-state index >= 15 is 0 Å². The maximum Gasteiger partial charge on any atom is 0.228 e. The van der Waals surface area contributed by atoms with Crippen molar-refractivity contribution in [1.82, 2.24) is 10.6 Å². The second kappa shape index (κ2) is 6.78. The van der Waals surface area contributed by atoms with Gasteiger partial charge in [0.15, 0.2) is 0 Å². The first kappa shape index (κ1) is 14.2. The van der Waals surface area contributed by atoms with Crippen molar-refractivity contribution >= 4 is 17.7 Å². The molecule has 4 nitrogen and oxygen atoms in total. The first-order valence-corrected chi connectivity index (χ1v) is 8.01. The lowest BCUT2D eigenvalue weighted by atomic mass is 9.78. The molecule has 0 atom stereocenters. The van der Waals surface area contributed by atoms with Crippen LogP contribution >= 0.6 is 11.8 Å². The van der Waals surface area contributed by atoms with E-state index in [9.17, 15) is 4.79 Å². The van der Waals surface area contributed by atoms with Gasteiger partial charge >= 0.3 is 0 Å². The van der Waals surface area contributed by atoms with Crippen LogP contribution in [-0.4, -0.2) is 50.3 Å². The van der Waals surface area contributed by atoms with Gasteiger partial charge in [0.05, 0.1) is 12.0 Å². The predicted octanol–water partition coefficient (Wildman–Crippen LogP) is 1.01. The molecule has 0 bridgehead atoms.